The SMILES string of the molecule is COC(=O)C(Nc1cnn(C)c1)C(C)C. The number of carbonyl (C=O) groups is 1. The number of rotatable bonds is 4. The summed E-state index contributed by atoms with van der Waals surface area (Å²) in [6.45, 7) is 3.93. The summed E-state index contributed by atoms with van der Waals surface area (Å²) in [6.07, 6.45) is 3.50. The van der Waals surface area contributed by atoms with E-state index in [-0.39, 0.29) is 17.9 Å². The van der Waals surface area contributed by atoms with Gasteiger partial charge in [0.1, 0.15) is 6.04 Å². The minimum Gasteiger partial charge on any atom is -0.467 e. The van der Waals surface area contributed by atoms with Crippen LogP contribution in [0.4, 0.5) is 5.69 Å². The Kier molecular flexibility index (Phi) is 3.71. The maximum Gasteiger partial charge on any atom is 0.328 e. The molecule has 0 bridgehead atoms. The summed E-state index contributed by atoms with van der Waals surface area (Å²) in [5, 5.41) is 7.11. The first-order valence-corrected chi connectivity index (χ1v) is 4.87. The normalized spacial score (nSPS) is 12.6. The van der Waals surface area contributed by atoms with Gasteiger partial charge in [-0.05, 0) is 5.92 Å². The van der Waals surface area contributed by atoms with Crippen LogP contribution in [-0.4, -0.2) is 28.9 Å². The van der Waals surface area contributed by atoms with Crippen LogP contribution >= 0.6 is 0 Å². The number of hydrogen-bond acceptors (Lipinski definition) is 4. The molecule has 0 saturated heterocycles. The third-order valence-electron chi connectivity index (χ3n) is 2.15. The van der Waals surface area contributed by atoms with Crippen LogP contribution in [0.1, 0.15) is 13.8 Å². The molecule has 5 nitrogen and oxygen atoms in total. The Labute approximate surface area is 89.4 Å². The lowest BCUT2D eigenvalue weighted by molar-refractivity contribution is -0.142. The van der Waals surface area contributed by atoms with Gasteiger partial charge in [0, 0.05) is 13.2 Å². The van der Waals surface area contributed by atoms with Gasteiger partial charge in [-0.15, -0.1) is 0 Å². The van der Waals surface area contributed by atoms with Crippen molar-refractivity contribution in [3.63, 3.8) is 0 Å². The number of esters is 1. The number of ether oxygens (including phenoxy) is 1. The topological polar surface area (TPSA) is 56.1 Å². The maximum atomic E-state index is 11.5. The Bertz CT molecular complexity index is 333. The second-order valence-electron chi connectivity index (χ2n) is 3.79. The van der Waals surface area contributed by atoms with E-state index in [2.05, 4.69) is 10.4 Å². The van der Waals surface area contributed by atoms with Crippen molar-refractivity contribution in [2.24, 2.45) is 13.0 Å². The van der Waals surface area contributed by atoms with Crippen LogP contribution in [0.15, 0.2) is 12.4 Å². The minimum absolute atomic E-state index is 0.164. The molecule has 1 N–H and O–H groups in total. The molecule has 0 spiro atoms. The fraction of sp³-hybridized carbons (Fsp3) is 0.600. The van der Waals surface area contributed by atoms with E-state index >= 15 is 0 Å². The Balaban J connectivity index is 2.71. The molecule has 1 unspecified atom stereocenters. The molecule has 0 aliphatic heterocycles. The summed E-state index contributed by atoms with van der Waals surface area (Å²) in [4.78, 5) is 11.5. The number of hydrogen-bond donors (Lipinski definition) is 1. The zero-order valence-electron chi connectivity index (χ0n) is 9.52. The van der Waals surface area contributed by atoms with E-state index < -0.39 is 0 Å². The van der Waals surface area contributed by atoms with E-state index in [1.54, 1.807) is 10.9 Å². The van der Waals surface area contributed by atoms with Crippen LogP contribution < -0.4 is 5.32 Å². The number of nitrogens with one attached hydrogen (secondary N) is 1. The van der Waals surface area contributed by atoms with Gasteiger partial charge in [-0.1, -0.05) is 13.8 Å². The number of methoxy groups -OCH3 is 1. The van der Waals surface area contributed by atoms with Crippen LogP contribution in [-0.2, 0) is 16.6 Å². The first-order valence-electron chi connectivity index (χ1n) is 4.87. The summed E-state index contributed by atoms with van der Waals surface area (Å²) in [5.74, 6) is -0.0912. The standard InChI is InChI=1S/C10H17N3O2/c1-7(2)9(10(14)15-4)12-8-5-11-13(3)6-8/h5-7,9,12H,1-4H3. The summed E-state index contributed by atoms with van der Waals surface area (Å²) < 4.78 is 6.40. The van der Waals surface area contributed by atoms with Gasteiger partial charge in [-0.3, -0.25) is 4.68 Å². The monoisotopic (exact) mass is 211 g/mol. The highest BCUT2D eigenvalue weighted by atomic mass is 16.5. The Morgan fingerprint density at radius 3 is 2.67 bits per heavy atom. The van der Waals surface area contributed by atoms with Gasteiger partial charge in [0.05, 0.1) is 19.0 Å². The Morgan fingerprint density at radius 2 is 2.27 bits per heavy atom. The summed E-state index contributed by atoms with van der Waals surface area (Å²) in [7, 11) is 3.22. The fourth-order valence-corrected chi connectivity index (χ4v) is 1.30. The van der Waals surface area contributed by atoms with Crippen molar-refractivity contribution in [2.45, 2.75) is 19.9 Å². The fourth-order valence-electron chi connectivity index (χ4n) is 1.30. The van der Waals surface area contributed by atoms with Gasteiger partial charge in [-0.25, -0.2) is 4.79 Å². The summed E-state index contributed by atoms with van der Waals surface area (Å²) in [6, 6.07) is -0.334. The van der Waals surface area contributed by atoms with E-state index in [1.165, 1.54) is 7.11 Å². The summed E-state index contributed by atoms with van der Waals surface area (Å²) >= 11 is 0. The molecule has 0 radical (unpaired) electrons. The van der Waals surface area contributed by atoms with Crippen LogP contribution in [0.5, 0.6) is 0 Å². The van der Waals surface area contributed by atoms with Crippen molar-refractivity contribution in [2.75, 3.05) is 12.4 Å². The Hall–Kier alpha value is -1.52. The molecule has 0 aliphatic rings. The average molecular weight is 211 g/mol. The zero-order valence-corrected chi connectivity index (χ0v) is 9.52. The van der Waals surface area contributed by atoms with E-state index in [9.17, 15) is 4.79 Å². The molecule has 0 aliphatic carbocycles. The molecular weight excluding hydrogens is 194 g/mol. The van der Waals surface area contributed by atoms with Gasteiger partial charge >= 0.3 is 5.97 Å². The highest BCUT2D eigenvalue weighted by Crippen LogP contribution is 2.12. The van der Waals surface area contributed by atoms with Crippen LogP contribution in [0.3, 0.4) is 0 Å². The largest absolute Gasteiger partial charge is 0.467 e. The Morgan fingerprint density at radius 1 is 1.60 bits per heavy atom. The second kappa shape index (κ2) is 4.82. The lowest BCUT2D eigenvalue weighted by Crippen LogP contribution is -2.35. The van der Waals surface area contributed by atoms with Crippen LogP contribution in [0.2, 0.25) is 0 Å². The second-order valence-corrected chi connectivity index (χ2v) is 3.79. The molecule has 0 amide bonds. The van der Waals surface area contributed by atoms with Gasteiger partial charge in [0.25, 0.3) is 0 Å². The number of nitrogens with zero attached hydrogens (tertiary/aromatic N) is 2. The lowest BCUT2D eigenvalue weighted by atomic mass is 10.0. The van der Waals surface area contributed by atoms with Gasteiger partial charge in [-0.2, -0.15) is 5.10 Å². The number of anilines is 1. The molecular formula is C10H17N3O2. The molecule has 0 saturated carbocycles. The lowest BCUT2D eigenvalue weighted by Gasteiger charge is -2.19. The molecule has 15 heavy (non-hydrogen) atoms. The first kappa shape index (κ1) is 11.6. The van der Waals surface area contributed by atoms with Gasteiger partial charge in [0.15, 0.2) is 0 Å². The van der Waals surface area contributed by atoms with Crippen LogP contribution in [0.25, 0.3) is 0 Å². The van der Waals surface area contributed by atoms with Crippen molar-refractivity contribution >= 4 is 11.7 Å². The quantitative estimate of drug-likeness (QED) is 0.756. The van der Waals surface area contributed by atoms with E-state index in [0.717, 1.165) is 5.69 Å². The third kappa shape index (κ3) is 2.97. The molecule has 1 aromatic heterocycles. The highest BCUT2D eigenvalue weighted by Gasteiger charge is 2.22. The number of aromatic nitrogens is 2. The first-order chi connectivity index (χ1) is 7.04. The average Bonchev–Trinajstić information content (AvgIpc) is 2.59. The van der Waals surface area contributed by atoms with Crippen molar-refractivity contribution in [1.82, 2.24) is 9.78 Å². The molecule has 1 atom stereocenters. The third-order valence-corrected chi connectivity index (χ3v) is 2.15. The predicted octanol–water partition coefficient (Wildman–Crippen LogP) is 1.03. The van der Waals surface area contributed by atoms with E-state index in [0.29, 0.717) is 0 Å². The minimum atomic E-state index is -0.334. The number of aryl methyl sites for hydroxylation is 1. The van der Waals surface area contributed by atoms with Crippen LogP contribution in [0, 0.1) is 5.92 Å². The molecule has 0 fully saturated rings. The molecule has 5 heteroatoms. The van der Waals surface area contributed by atoms with Crippen molar-refractivity contribution in [3.05, 3.63) is 12.4 Å². The van der Waals surface area contributed by atoms with Gasteiger partial charge in [0.2, 0.25) is 0 Å². The molecule has 0 aromatic carbocycles. The maximum absolute atomic E-state index is 11.5. The smallest absolute Gasteiger partial charge is 0.328 e. The zero-order chi connectivity index (χ0) is 11.4. The molecule has 1 heterocycles. The summed E-state index contributed by atoms with van der Waals surface area (Å²) in [5.41, 5.74) is 0.821. The predicted molar refractivity (Wildman–Crippen MR) is 57.5 cm³/mol. The molecule has 84 valence electrons. The highest BCUT2D eigenvalue weighted by molar-refractivity contribution is 5.79. The molecule has 1 rings (SSSR count). The van der Waals surface area contributed by atoms with E-state index in [4.69, 9.17) is 4.74 Å². The van der Waals surface area contributed by atoms with Crippen molar-refractivity contribution < 1.29 is 9.53 Å². The van der Waals surface area contributed by atoms with Crippen molar-refractivity contribution in [3.8, 4) is 0 Å². The number of carbonyl (C=O) groups excluding carboxylic acids is 1. The van der Waals surface area contributed by atoms with Crippen molar-refractivity contribution in [1.29, 1.82) is 0 Å². The van der Waals surface area contributed by atoms with Gasteiger partial charge < -0.3 is 10.1 Å². The molecule has 1 aromatic rings. The van der Waals surface area contributed by atoms with E-state index in [1.807, 2.05) is 27.1 Å².